The second kappa shape index (κ2) is 8.56. The van der Waals surface area contributed by atoms with Crippen molar-refractivity contribution in [3.8, 4) is 0 Å². The van der Waals surface area contributed by atoms with Crippen molar-refractivity contribution in [3.63, 3.8) is 0 Å². The summed E-state index contributed by atoms with van der Waals surface area (Å²) in [6.45, 7) is 8.20. The Morgan fingerprint density at radius 2 is 2.07 bits per heavy atom. The number of hydrogen-bond acceptors (Lipinski definition) is 4. The van der Waals surface area contributed by atoms with E-state index in [1.165, 1.54) is 13.2 Å². The van der Waals surface area contributed by atoms with E-state index in [0.29, 0.717) is 0 Å². The van der Waals surface area contributed by atoms with Gasteiger partial charge in [0.2, 0.25) is 0 Å². The van der Waals surface area contributed by atoms with Gasteiger partial charge in [-0.3, -0.25) is 0 Å². The zero-order valence-corrected chi connectivity index (χ0v) is 9.25. The second-order valence-corrected chi connectivity index (χ2v) is 2.84. The lowest BCUT2D eigenvalue weighted by molar-refractivity contribution is -0.134. The van der Waals surface area contributed by atoms with E-state index in [-0.39, 0.29) is 5.97 Å². The van der Waals surface area contributed by atoms with Crippen molar-refractivity contribution in [3.05, 3.63) is 12.3 Å². The normalized spacial score (nSPS) is 10.9. The van der Waals surface area contributed by atoms with Gasteiger partial charge in [-0.05, 0) is 13.1 Å². The van der Waals surface area contributed by atoms with E-state index in [1.807, 2.05) is 0 Å². The molecule has 1 N–H and O–H groups in total. The van der Waals surface area contributed by atoms with Crippen LogP contribution in [0.5, 0.6) is 0 Å². The van der Waals surface area contributed by atoms with Gasteiger partial charge in [0.25, 0.3) is 0 Å². The Balaban J connectivity index is 3.45. The molecule has 0 heterocycles. The first-order chi connectivity index (χ1) is 6.74. The molecular formula is C10H20N2O2. The fourth-order valence-corrected chi connectivity index (χ4v) is 1.04. The quantitative estimate of drug-likeness (QED) is 0.371. The third-order valence-electron chi connectivity index (χ3n) is 2.01. The molecule has 0 unspecified atom stereocenters. The number of rotatable bonds is 7. The topological polar surface area (TPSA) is 41.6 Å². The summed E-state index contributed by atoms with van der Waals surface area (Å²) in [5, 5.41) is 3.03. The third kappa shape index (κ3) is 6.48. The number of hydrogen-bond donors (Lipinski definition) is 1. The van der Waals surface area contributed by atoms with Crippen molar-refractivity contribution in [2.45, 2.75) is 13.8 Å². The summed E-state index contributed by atoms with van der Waals surface area (Å²) in [6.07, 6.45) is 3.00. The van der Waals surface area contributed by atoms with Gasteiger partial charge in [-0.25, -0.2) is 4.79 Å². The number of nitrogens with one attached hydrogen (secondary N) is 1. The molecule has 4 nitrogen and oxygen atoms in total. The number of carbonyl (C=O) groups is 1. The molecule has 0 amide bonds. The Morgan fingerprint density at radius 1 is 1.43 bits per heavy atom. The van der Waals surface area contributed by atoms with E-state index in [2.05, 4.69) is 28.8 Å². The predicted octanol–water partition coefficient (Wildman–Crippen LogP) is 0.604. The summed E-state index contributed by atoms with van der Waals surface area (Å²) < 4.78 is 4.44. The van der Waals surface area contributed by atoms with Crippen LogP contribution >= 0.6 is 0 Å². The summed E-state index contributed by atoms with van der Waals surface area (Å²) >= 11 is 0. The highest BCUT2D eigenvalue weighted by molar-refractivity contribution is 5.81. The Hall–Kier alpha value is -1.03. The molecule has 82 valence electrons. The van der Waals surface area contributed by atoms with Crippen molar-refractivity contribution in [1.29, 1.82) is 0 Å². The molecule has 0 aliphatic rings. The average molecular weight is 200 g/mol. The predicted molar refractivity (Wildman–Crippen MR) is 56.9 cm³/mol. The third-order valence-corrected chi connectivity index (χ3v) is 2.01. The van der Waals surface area contributed by atoms with Gasteiger partial charge < -0.3 is 15.0 Å². The van der Waals surface area contributed by atoms with Gasteiger partial charge in [0.1, 0.15) is 0 Å². The van der Waals surface area contributed by atoms with Crippen LogP contribution in [0.4, 0.5) is 0 Å². The van der Waals surface area contributed by atoms with E-state index < -0.39 is 0 Å². The molecule has 0 rings (SSSR count). The van der Waals surface area contributed by atoms with E-state index in [1.54, 1.807) is 6.20 Å². The smallest absolute Gasteiger partial charge is 0.331 e. The fraction of sp³-hybridized carbons (Fsp3) is 0.700. The molecule has 0 aromatic heterocycles. The zero-order valence-electron chi connectivity index (χ0n) is 9.25. The lowest BCUT2D eigenvalue weighted by atomic mass is 10.4. The van der Waals surface area contributed by atoms with Crippen LogP contribution in [0.25, 0.3) is 0 Å². The SMILES string of the molecule is CCN(CC)CCN/C=C/C(=O)OC. The second-order valence-electron chi connectivity index (χ2n) is 2.84. The van der Waals surface area contributed by atoms with Gasteiger partial charge in [-0.15, -0.1) is 0 Å². The monoisotopic (exact) mass is 200 g/mol. The summed E-state index contributed by atoms with van der Waals surface area (Å²) in [5.74, 6) is -0.333. The molecule has 0 atom stereocenters. The van der Waals surface area contributed by atoms with Crippen LogP contribution in [0.3, 0.4) is 0 Å². The largest absolute Gasteiger partial charge is 0.466 e. The summed E-state index contributed by atoms with van der Waals surface area (Å²) in [4.78, 5) is 13.0. The van der Waals surface area contributed by atoms with E-state index in [4.69, 9.17) is 0 Å². The molecule has 0 aromatic rings. The summed E-state index contributed by atoms with van der Waals surface area (Å²) in [6, 6.07) is 0. The minimum absolute atomic E-state index is 0.333. The van der Waals surface area contributed by atoms with Gasteiger partial charge in [0.05, 0.1) is 7.11 Å². The number of carbonyl (C=O) groups excluding carboxylic acids is 1. The number of nitrogens with zero attached hydrogens (tertiary/aromatic N) is 1. The van der Waals surface area contributed by atoms with E-state index >= 15 is 0 Å². The fourth-order valence-electron chi connectivity index (χ4n) is 1.04. The first kappa shape index (κ1) is 13.0. The van der Waals surface area contributed by atoms with Crippen molar-refractivity contribution < 1.29 is 9.53 Å². The van der Waals surface area contributed by atoms with Gasteiger partial charge in [-0.2, -0.15) is 0 Å². The Kier molecular flexibility index (Phi) is 7.93. The first-order valence-electron chi connectivity index (χ1n) is 4.94. The molecule has 0 fully saturated rings. The highest BCUT2D eigenvalue weighted by Crippen LogP contribution is 1.84. The van der Waals surface area contributed by atoms with Crippen LogP contribution < -0.4 is 5.32 Å². The van der Waals surface area contributed by atoms with E-state index in [0.717, 1.165) is 26.2 Å². The molecule has 0 aromatic carbocycles. The Bertz CT molecular complexity index is 177. The van der Waals surface area contributed by atoms with Crippen molar-refractivity contribution in [2.24, 2.45) is 0 Å². The lowest BCUT2D eigenvalue weighted by Crippen LogP contribution is -2.30. The maximum Gasteiger partial charge on any atom is 0.331 e. The Labute approximate surface area is 85.9 Å². The molecule has 0 saturated heterocycles. The number of esters is 1. The molecular weight excluding hydrogens is 180 g/mol. The minimum atomic E-state index is -0.333. The molecule has 0 bridgehead atoms. The van der Waals surface area contributed by atoms with Crippen LogP contribution in [0.2, 0.25) is 0 Å². The maximum atomic E-state index is 10.7. The van der Waals surface area contributed by atoms with Gasteiger partial charge in [0, 0.05) is 25.4 Å². The molecule has 0 aliphatic heterocycles. The van der Waals surface area contributed by atoms with Crippen LogP contribution in [-0.4, -0.2) is 44.2 Å². The highest BCUT2D eigenvalue weighted by Gasteiger charge is 1.96. The standard InChI is InChI=1S/C10H20N2O2/c1-4-12(5-2)9-8-11-7-6-10(13)14-3/h6-7,11H,4-5,8-9H2,1-3H3/b7-6+. The highest BCUT2D eigenvalue weighted by atomic mass is 16.5. The number of methoxy groups -OCH3 is 1. The van der Waals surface area contributed by atoms with Crippen LogP contribution in [-0.2, 0) is 9.53 Å². The van der Waals surface area contributed by atoms with Crippen LogP contribution in [0.1, 0.15) is 13.8 Å². The Morgan fingerprint density at radius 3 is 2.57 bits per heavy atom. The van der Waals surface area contributed by atoms with Gasteiger partial charge >= 0.3 is 5.97 Å². The average Bonchev–Trinajstić information content (AvgIpc) is 2.23. The summed E-state index contributed by atoms with van der Waals surface area (Å²) in [5.41, 5.74) is 0. The first-order valence-corrected chi connectivity index (χ1v) is 4.94. The zero-order chi connectivity index (χ0) is 10.8. The number of ether oxygens (including phenoxy) is 1. The van der Waals surface area contributed by atoms with Crippen LogP contribution in [0.15, 0.2) is 12.3 Å². The molecule has 0 aliphatic carbocycles. The van der Waals surface area contributed by atoms with E-state index in [9.17, 15) is 4.79 Å². The van der Waals surface area contributed by atoms with Gasteiger partial charge in [0.15, 0.2) is 0 Å². The van der Waals surface area contributed by atoms with Crippen molar-refractivity contribution in [1.82, 2.24) is 10.2 Å². The molecule has 4 heteroatoms. The van der Waals surface area contributed by atoms with Crippen molar-refractivity contribution >= 4 is 5.97 Å². The number of likely N-dealkylation sites (N-methyl/N-ethyl adjacent to an activating group) is 1. The minimum Gasteiger partial charge on any atom is -0.466 e. The van der Waals surface area contributed by atoms with Crippen LogP contribution in [0, 0.1) is 0 Å². The molecule has 14 heavy (non-hydrogen) atoms. The molecule has 0 saturated carbocycles. The maximum absolute atomic E-state index is 10.7. The molecule has 0 spiro atoms. The van der Waals surface area contributed by atoms with Gasteiger partial charge in [-0.1, -0.05) is 13.8 Å². The molecule has 0 radical (unpaired) electrons. The lowest BCUT2D eigenvalue weighted by Gasteiger charge is -2.17. The van der Waals surface area contributed by atoms with Crippen molar-refractivity contribution in [2.75, 3.05) is 33.3 Å². The summed E-state index contributed by atoms with van der Waals surface area (Å²) in [7, 11) is 1.36.